The first-order valence-corrected chi connectivity index (χ1v) is 11.5. The van der Waals surface area contributed by atoms with Crippen LogP contribution in [0.4, 0.5) is 17.2 Å². The summed E-state index contributed by atoms with van der Waals surface area (Å²) in [5.74, 6) is 2.08. The van der Waals surface area contributed by atoms with E-state index < -0.39 is 0 Å². The van der Waals surface area contributed by atoms with Gasteiger partial charge in [0.15, 0.2) is 0 Å². The molecule has 8 nitrogen and oxygen atoms in total. The molecule has 3 heterocycles. The first-order valence-electron chi connectivity index (χ1n) is 11.5. The third kappa shape index (κ3) is 3.98. The Balaban J connectivity index is 1.27. The van der Waals surface area contributed by atoms with E-state index in [9.17, 15) is 4.79 Å². The maximum Gasteiger partial charge on any atom is 0.253 e. The van der Waals surface area contributed by atoms with Gasteiger partial charge in [-0.05, 0) is 67.4 Å². The van der Waals surface area contributed by atoms with E-state index in [1.54, 1.807) is 11.1 Å². The highest BCUT2D eigenvalue weighted by molar-refractivity contribution is 6.08. The lowest BCUT2D eigenvalue weighted by Crippen LogP contribution is -2.24. The summed E-state index contributed by atoms with van der Waals surface area (Å²) in [6, 6.07) is 17.4. The van der Waals surface area contributed by atoms with Gasteiger partial charge in [-0.15, -0.1) is 0 Å². The molecule has 1 amide bonds. The van der Waals surface area contributed by atoms with Gasteiger partial charge < -0.3 is 15.0 Å². The molecule has 0 spiro atoms. The topological polar surface area (TPSA) is 93.1 Å². The van der Waals surface area contributed by atoms with Crippen LogP contribution in [-0.2, 0) is 4.79 Å². The number of aryl methyl sites for hydroxylation is 1. The molecule has 3 aromatic carbocycles. The van der Waals surface area contributed by atoms with E-state index in [4.69, 9.17) is 4.74 Å². The number of anilines is 3. The lowest BCUT2D eigenvalue weighted by atomic mass is 10.1. The number of nitrogens with zero attached hydrogens (tertiary/aromatic N) is 5. The summed E-state index contributed by atoms with van der Waals surface area (Å²) in [5, 5.41) is 5.18. The minimum atomic E-state index is -0.0363. The normalized spacial score (nSPS) is 13.5. The highest BCUT2D eigenvalue weighted by Crippen LogP contribution is 2.33. The molecule has 5 aromatic rings. The van der Waals surface area contributed by atoms with Gasteiger partial charge >= 0.3 is 0 Å². The van der Waals surface area contributed by atoms with Crippen LogP contribution in [0, 0.1) is 6.92 Å². The van der Waals surface area contributed by atoms with Crippen molar-refractivity contribution in [3.05, 3.63) is 91.2 Å². The molecule has 1 fully saturated rings. The van der Waals surface area contributed by atoms with Gasteiger partial charge in [-0.3, -0.25) is 4.79 Å². The molecule has 6 rings (SSSR count). The first-order chi connectivity index (χ1) is 17.5. The zero-order valence-electron chi connectivity index (χ0n) is 19.6. The predicted octanol–water partition coefficient (Wildman–Crippen LogP) is 5.71. The van der Waals surface area contributed by atoms with Crippen LogP contribution < -0.4 is 15.0 Å². The number of nitrogens with one attached hydrogen (secondary N) is 1. The number of hydrogen-bond donors (Lipinski definition) is 1. The average Bonchev–Trinajstić information content (AvgIpc) is 3.23. The summed E-state index contributed by atoms with van der Waals surface area (Å²) >= 11 is 0. The number of fused-ring (bicyclic) bond motifs is 2. The lowest BCUT2D eigenvalue weighted by Gasteiger charge is -2.17. The van der Waals surface area contributed by atoms with Crippen LogP contribution in [0.15, 0.2) is 85.6 Å². The number of carbonyl (C=O) groups is 1. The van der Waals surface area contributed by atoms with Gasteiger partial charge in [0, 0.05) is 46.5 Å². The highest BCUT2D eigenvalue weighted by atomic mass is 16.5. The lowest BCUT2D eigenvalue weighted by molar-refractivity contribution is -0.114. The van der Waals surface area contributed by atoms with Crippen LogP contribution in [0.1, 0.15) is 12.0 Å². The number of aromatic nitrogens is 4. The molecule has 0 unspecified atom stereocenters. The van der Waals surface area contributed by atoms with Crippen molar-refractivity contribution in [2.75, 3.05) is 16.8 Å². The Labute approximate surface area is 207 Å². The molecule has 1 saturated heterocycles. The van der Waals surface area contributed by atoms with Crippen LogP contribution in [0.5, 0.6) is 11.5 Å². The maximum atomic E-state index is 12.4. The third-order valence-corrected chi connectivity index (χ3v) is 6.26. The second-order valence-electron chi connectivity index (χ2n) is 8.68. The van der Waals surface area contributed by atoms with E-state index in [2.05, 4.69) is 31.8 Å². The Hall–Kier alpha value is -4.85. The Morgan fingerprint density at radius 1 is 0.972 bits per heavy atom. The summed E-state index contributed by atoms with van der Waals surface area (Å²) in [4.78, 5) is 31.4. The van der Waals surface area contributed by atoms with E-state index in [1.807, 2.05) is 61.5 Å². The Morgan fingerprint density at radius 2 is 1.86 bits per heavy atom. The van der Waals surface area contributed by atoms with Gasteiger partial charge in [0.1, 0.15) is 30.0 Å². The second-order valence-corrected chi connectivity index (χ2v) is 8.68. The van der Waals surface area contributed by atoms with Crippen molar-refractivity contribution in [3.8, 4) is 11.5 Å². The van der Waals surface area contributed by atoms with Crippen molar-refractivity contribution in [1.29, 1.82) is 0 Å². The molecule has 0 aliphatic carbocycles. The number of amides is 1. The fraction of sp³-hybridized carbons (Fsp3) is 0.107. The fourth-order valence-electron chi connectivity index (χ4n) is 4.33. The van der Waals surface area contributed by atoms with Crippen molar-refractivity contribution >= 4 is 44.9 Å². The molecular weight excluding hydrogens is 452 g/mol. The summed E-state index contributed by atoms with van der Waals surface area (Å²) in [5.41, 5.74) is 4.88. The zero-order valence-corrected chi connectivity index (χ0v) is 19.6. The summed E-state index contributed by atoms with van der Waals surface area (Å²) < 4.78 is 6.13. The number of hydrogen-bond acceptors (Lipinski definition) is 7. The fourth-order valence-corrected chi connectivity index (χ4v) is 4.33. The van der Waals surface area contributed by atoms with Crippen LogP contribution >= 0.6 is 0 Å². The maximum absolute atomic E-state index is 12.4. The molecule has 1 aliphatic heterocycles. The van der Waals surface area contributed by atoms with Gasteiger partial charge in [0.2, 0.25) is 0 Å². The van der Waals surface area contributed by atoms with Gasteiger partial charge in [-0.2, -0.15) is 0 Å². The standard InChI is InChI=1S/C28H22N6O2/c1-17-9-10-34(28(17)35)21-5-7-24-23(12-21)27(32-16-31-24)33-20-4-8-26(18(2)11-20)36-22-6-3-19-14-29-15-30-25(19)13-22/h3-8,11-16H,1,9-10H2,2H3,(H,31,32,33). The largest absolute Gasteiger partial charge is 0.457 e. The van der Waals surface area contributed by atoms with Crippen molar-refractivity contribution in [2.24, 2.45) is 0 Å². The van der Waals surface area contributed by atoms with Gasteiger partial charge in [-0.25, -0.2) is 19.9 Å². The number of rotatable bonds is 5. The molecule has 2 aromatic heterocycles. The van der Waals surface area contributed by atoms with E-state index in [0.717, 1.165) is 44.5 Å². The van der Waals surface area contributed by atoms with Crippen molar-refractivity contribution in [3.63, 3.8) is 0 Å². The summed E-state index contributed by atoms with van der Waals surface area (Å²) in [6.45, 7) is 6.48. The van der Waals surface area contributed by atoms with Crippen LogP contribution in [0.25, 0.3) is 21.8 Å². The Bertz CT molecular complexity index is 1670. The molecule has 1 N–H and O–H groups in total. The highest BCUT2D eigenvalue weighted by Gasteiger charge is 2.25. The Morgan fingerprint density at radius 3 is 2.69 bits per heavy atom. The van der Waals surface area contributed by atoms with E-state index >= 15 is 0 Å². The molecular formula is C28H22N6O2. The van der Waals surface area contributed by atoms with Gasteiger partial charge in [0.25, 0.3) is 5.91 Å². The van der Waals surface area contributed by atoms with E-state index in [-0.39, 0.29) is 5.91 Å². The minimum Gasteiger partial charge on any atom is -0.457 e. The van der Waals surface area contributed by atoms with Crippen molar-refractivity contribution in [2.45, 2.75) is 13.3 Å². The average molecular weight is 475 g/mol. The number of benzene rings is 3. The van der Waals surface area contributed by atoms with Gasteiger partial charge in [-0.1, -0.05) is 6.58 Å². The third-order valence-electron chi connectivity index (χ3n) is 6.26. The van der Waals surface area contributed by atoms with E-state index in [0.29, 0.717) is 30.1 Å². The van der Waals surface area contributed by atoms with Gasteiger partial charge in [0.05, 0.1) is 11.0 Å². The minimum absolute atomic E-state index is 0.0363. The van der Waals surface area contributed by atoms with E-state index in [1.165, 1.54) is 12.7 Å². The first kappa shape index (κ1) is 21.7. The smallest absolute Gasteiger partial charge is 0.253 e. The van der Waals surface area contributed by atoms with Crippen LogP contribution in [0.3, 0.4) is 0 Å². The predicted molar refractivity (Wildman–Crippen MR) is 140 cm³/mol. The molecule has 8 heteroatoms. The van der Waals surface area contributed by atoms with Crippen LogP contribution in [-0.4, -0.2) is 32.4 Å². The number of carbonyl (C=O) groups excluding carboxylic acids is 1. The summed E-state index contributed by atoms with van der Waals surface area (Å²) in [7, 11) is 0. The molecule has 0 atom stereocenters. The molecule has 176 valence electrons. The quantitative estimate of drug-likeness (QED) is 0.326. The molecule has 36 heavy (non-hydrogen) atoms. The van der Waals surface area contributed by atoms with Crippen molar-refractivity contribution < 1.29 is 9.53 Å². The molecule has 0 saturated carbocycles. The van der Waals surface area contributed by atoms with Crippen LogP contribution in [0.2, 0.25) is 0 Å². The second kappa shape index (κ2) is 8.74. The Kier molecular flexibility index (Phi) is 5.26. The molecule has 0 bridgehead atoms. The zero-order chi connectivity index (χ0) is 24.6. The molecule has 0 radical (unpaired) electrons. The summed E-state index contributed by atoms with van der Waals surface area (Å²) in [6.07, 6.45) is 5.50. The molecule has 1 aliphatic rings. The monoisotopic (exact) mass is 474 g/mol. The van der Waals surface area contributed by atoms with Crippen molar-refractivity contribution in [1.82, 2.24) is 19.9 Å². The SMILES string of the molecule is C=C1CCN(c2ccc3ncnc(Nc4ccc(Oc5ccc6cncnc6c5)c(C)c4)c3c2)C1=O. The number of ether oxygens (including phenoxy) is 1.